The molecule has 0 aliphatic carbocycles. The second-order valence-electron chi connectivity index (χ2n) is 5.58. The molecule has 1 N–H and O–H groups in total. The fourth-order valence-electron chi connectivity index (χ4n) is 2.62. The highest BCUT2D eigenvalue weighted by molar-refractivity contribution is 5.28. The van der Waals surface area contributed by atoms with E-state index in [1.807, 2.05) is 6.07 Å². The molecule has 114 valence electrons. The molecule has 1 unspecified atom stereocenters. The van der Waals surface area contributed by atoms with Gasteiger partial charge in [0.2, 0.25) is 0 Å². The molecular formula is C18H31NO. The molecule has 0 radical (unpaired) electrons. The van der Waals surface area contributed by atoms with E-state index in [1.165, 1.54) is 37.7 Å². The maximum Gasteiger partial charge on any atom is 0.119 e. The minimum absolute atomic E-state index is 0.735. The van der Waals surface area contributed by atoms with Crippen molar-refractivity contribution in [3.8, 4) is 5.75 Å². The van der Waals surface area contributed by atoms with Crippen molar-refractivity contribution in [2.45, 2.75) is 52.4 Å². The van der Waals surface area contributed by atoms with Gasteiger partial charge in [-0.1, -0.05) is 51.7 Å². The van der Waals surface area contributed by atoms with E-state index in [4.69, 9.17) is 4.74 Å². The number of hydrogen-bond donors (Lipinski definition) is 1. The van der Waals surface area contributed by atoms with Crippen LogP contribution in [0.2, 0.25) is 0 Å². The first-order valence-electron chi connectivity index (χ1n) is 8.13. The first-order valence-corrected chi connectivity index (χ1v) is 8.13. The van der Waals surface area contributed by atoms with Crippen LogP contribution in [0.15, 0.2) is 24.3 Å². The Kier molecular flexibility index (Phi) is 9.14. The van der Waals surface area contributed by atoms with E-state index in [2.05, 4.69) is 37.4 Å². The largest absolute Gasteiger partial charge is 0.497 e. The van der Waals surface area contributed by atoms with Crippen molar-refractivity contribution in [1.82, 2.24) is 5.32 Å². The van der Waals surface area contributed by atoms with Crippen LogP contribution in [0, 0.1) is 5.92 Å². The molecular weight excluding hydrogens is 246 g/mol. The van der Waals surface area contributed by atoms with Crippen molar-refractivity contribution in [2.75, 3.05) is 20.2 Å². The Balaban J connectivity index is 2.48. The van der Waals surface area contributed by atoms with Gasteiger partial charge in [-0.25, -0.2) is 0 Å². The number of unbranched alkanes of at least 4 members (excludes halogenated alkanes) is 3. The number of nitrogens with one attached hydrogen (secondary N) is 1. The molecule has 1 rings (SSSR count). The molecule has 0 heterocycles. The lowest BCUT2D eigenvalue weighted by atomic mass is 9.93. The summed E-state index contributed by atoms with van der Waals surface area (Å²) >= 11 is 0. The molecule has 0 fully saturated rings. The van der Waals surface area contributed by atoms with E-state index < -0.39 is 0 Å². The summed E-state index contributed by atoms with van der Waals surface area (Å²) in [6.07, 6.45) is 7.88. The number of methoxy groups -OCH3 is 1. The van der Waals surface area contributed by atoms with E-state index in [1.54, 1.807) is 7.11 Å². The highest BCUT2D eigenvalue weighted by atomic mass is 16.5. The van der Waals surface area contributed by atoms with Crippen molar-refractivity contribution >= 4 is 0 Å². The van der Waals surface area contributed by atoms with Gasteiger partial charge in [0.1, 0.15) is 5.75 Å². The Bertz CT molecular complexity index is 351. The van der Waals surface area contributed by atoms with Crippen molar-refractivity contribution in [2.24, 2.45) is 5.92 Å². The van der Waals surface area contributed by atoms with Crippen LogP contribution < -0.4 is 10.1 Å². The third-order valence-corrected chi connectivity index (χ3v) is 3.81. The lowest BCUT2D eigenvalue weighted by molar-refractivity contribution is 0.409. The smallest absolute Gasteiger partial charge is 0.119 e. The topological polar surface area (TPSA) is 21.3 Å². The fraction of sp³-hybridized carbons (Fsp3) is 0.667. The molecule has 1 aromatic carbocycles. The summed E-state index contributed by atoms with van der Waals surface area (Å²) < 4.78 is 5.32. The lowest BCUT2D eigenvalue weighted by Gasteiger charge is -2.18. The lowest BCUT2D eigenvalue weighted by Crippen LogP contribution is -2.24. The monoisotopic (exact) mass is 277 g/mol. The Labute approximate surface area is 124 Å². The van der Waals surface area contributed by atoms with Crippen LogP contribution in [-0.4, -0.2) is 20.2 Å². The average Bonchev–Trinajstić information content (AvgIpc) is 2.49. The van der Waals surface area contributed by atoms with Gasteiger partial charge in [0.15, 0.2) is 0 Å². The molecule has 0 bridgehead atoms. The van der Waals surface area contributed by atoms with Gasteiger partial charge in [-0.15, -0.1) is 0 Å². The zero-order chi connectivity index (χ0) is 14.6. The molecule has 0 aliphatic heterocycles. The van der Waals surface area contributed by atoms with Crippen LogP contribution >= 0.6 is 0 Å². The van der Waals surface area contributed by atoms with Gasteiger partial charge in [-0.3, -0.25) is 0 Å². The molecule has 1 atom stereocenters. The van der Waals surface area contributed by atoms with Gasteiger partial charge in [0.05, 0.1) is 7.11 Å². The zero-order valence-corrected chi connectivity index (χ0v) is 13.5. The van der Waals surface area contributed by atoms with E-state index in [0.717, 1.165) is 31.2 Å². The minimum atomic E-state index is 0.735. The quantitative estimate of drug-likeness (QED) is 0.604. The van der Waals surface area contributed by atoms with Crippen LogP contribution in [0.1, 0.15) is 51.5 Å². The summed E-state index contributed by atoms with van der Waals surface area (Å²) in [5.41, 5.74) is 1.39. The van der Waals surface area contributed by atoms with Crippen molar-refractivity contribution in [3.63, 3.8) is 0 Å². The molecule has 0 saturated heterocycles. The zero-order valence-electron chi connectivity index (χ0n) is 13.5. The Morgan fingerprint density at radius 3 is 2.70 bits per heavy atom. The van der Waals surface area contributed by atoms with Gasteiger partial charge in [0.25, 0.3) is 0 Å². The fourth-order valence-corrected chi connectivity index (χ4v) is 2.62. The van der Waals surface area contributed by atoms with Crippen LogP contribution in [0.3, 0.4) is 0 Å². The number of hydrogen-bond acceptors (Lipinski definition) is 2. The maximum absolute atomic E-state index is 5.32. The van der Waals surface area contributed by atoms with Crippen LogP contribution in [0.4, 0.5) is 0 Å². The van der Waals surface area contributed by atoms with Gasteiger partial charge >= 0.3 is 0 Å². The van der Waals surface area contributed by atoms with Crippen LogP contribution in [0.5, 0.6) is 5.75 Å². The maximum atomic E-state index is 5.32. The molecule has 0 aliphatic rings. The second-order valence-corrected chi connectivity index (χ2v) is 5.58. The van der Waals surface area contributed by atoms with Crippen molar-refractivity contribution in [3.05, 3.63) is 29.8 Å². The third kappa shape index (κ3) is 6.95. The minimum Gasteiger partial charge on any atom is -0.497 e. The van der Waals surface area contributed by atoms with Crippen molar-refractivity contribution < 1.29 is 4.74 Å². The molecule has 2 nitrogen and oxygen atoms in total. The Morgan fingerprint density at radius 1 is 1.15 bits per heavy atom. The molecule has 0 aromatic heterocycles. The van der Waals surface area contributed by atoms with Gasteiger partial charge < -0.3 is 10.1 Å². The third-order valence-electron chi connectivity index (χ3n) is 3.81. The van der Waals surface area contributed by atoms with E-state index in [0.29, 0.717) is 0 Å². The van der Waals surface area contributed by atoms with Gasteiger partial charge in [-0.05, 0) is 49.5 Å². The standard InChI is InChI=1S/C18H31NO/c1-4-6-7-8-10-17(15-19-5-2)13-16-11-9-12-18(14-16)20-3/h9,11-12,14,17,19H,4-8,10,13,15H2,1-3H3. The Morgan fingerprint density at radius 2 is 2.00 bits per heavy atom. The molecule has 0 amide bonds. The molecule has 0 spiro atoms. The van der Waals surface area contributed by atoms with Gasteiger partial charge in [-0.2, -0.15) is 0 Å². The summed E-state index contributed by atoms with van der Waals surface area (Å²) in [4.78, 5) is 0. The van der Waals surface area contributed by atoms with E-state index in [-0.39, 0.29) is 0 Å². The summed E-state index contributed by atoms with van der Waals surface area (Å²) in [5.74, 6) is 1.70. The first-order chi connectivity index (χ1) is 9.80. The van der Waals surface area contributed by atoms with Crippen LogP contribution in [-0.2, 0) is 6.42 Å². The molecule has 1 aromatic rings. The number of rotatable bonds is 11. The summed E-state index contributed by atoms with van der Waals surface area (Å²) in [7, 11) is 1.74. The highest BCUT2D eigenvalue weighted by Crippen LogP contribution is 2.19. The molecule has 0 saturated carbocycles. The van der Waals surface area contributed by atoms with Crippen molar-refractivity contribution in [1.29, 1.82) is 0 Å². The predicted octanol–water partition coefficient (Wildman–Crippen LogP) is 4.43. The van der Waals surface area contributed by atoms with E-state index >= 15 is 0 Å². The predicted molar refractivity (Wildman–Crippen MR) is 87.5 cm³/mol. The first kappa shape index (κ1) is 17.0. The SMILES string of the molecule is CCCCCCC(CNCC)Cc1cccc(OC)c1. The number of benzene rings is 1. The molecule has 20 heavy (non-hydrogen) atoms. The highest BCUT2D eigenvalue weighted by Gasteiger charge is 2.09. The summed E-state index contributed by atoms with van der Waals surface area (Å²) in [5, 5.41) is 3.51. The Hall–Kier alpha value is -1.02. The second kappa shape index (κ2) is 10.7. The summed E-state index contributed by atoms with van der Waals surface area (Å²) in [6.45, 7) is 6.63. The number of ether oxygens (including phenoxy) is 1. The molecule has 2 heteroatoms. The average molecular weight is 277 g/mol. The van der Waals surface area contributed by atoms with Crippen LogP contribution in [0.25, 0.3) is 0 Å². The summed E-state index contributed by atoms with van der Waals surface area (Å²) in [6, 6.07) is 8.50. The normalized spacial score (nSPS) is 12.3. The van der Waals surface area contributed by atoms with Gasteiger partial charge in [0, 0.05) is 0 Å². The van der Waals surface area contributed by atoms with E-state index in [9.17, 15) is 0 Å².